The van der Waals surface area contributed by atoms with E-state index in [4.69, 9.17) is 10.2 Å². The van der Waals surface area contributed by atoms with E-state index in [-0.39, 0.29) is 4.90 Å². The molecular weight excluding hydrogens is 274 g/mol. The van der Waals surface area contributed by atoms with Gasteiger partial charge in [0.15, 0.2) is 0 Å². The molecule has 0 bridgehead atoms. The molecule has 0 saturated heterocycles. The van der Waals surface area contributed by atoms with E-state index < -0.39 is 34.4 Å². The highest BCUT2D eigenvalue weighted by atomic mass is 32.2. The first-order chi connectivity index (χ1) is 8.74. The van der Waals surface area contributed by atoms with Gasteiger partial charge in [-0.25, -0.2) is 8.42 Å². The van der Waals surface area contributed by atoms with Gasteiger partial charge in [0.05, 0.1) is 11.3 Å². The maximum atomic E-state index is 12.0. The number of sulfonamides is 1. The largest absolute Gasteiger partial charge is 0.481 e. The van der Waals surface area contributed by atoms with Crippen molar-refractivity contribution in [1.82, 2.24) is 4.72 Å². The second-order valence-electron chi connectivity index (χ2n) is 3.88. The number of hydrogen-bond acceptors (Lipinski definition) is 4. The second-order valence-corrected chi connectivity index (χ2v) is 5.56. The number of carboxylic acids is 2. The molecule has 1 rings (SSSR count). The van der Waals surface area contributed by atoms with Gasteiger partial charge in [-0.3, -0.25) is 9.59 Å². The summed E-state index contributed by atoms with van der Waals surface area (Å²) >= 11 is 0. The molecule has 7 nitrogen and oxygen atoms in total. The third kappa shape index (κ3) is 4.04. The van der Waals surface area contributed by atoms with Crippen molar-refractivity contribution in [3.05, 3.63) is 29.8 Å². The minimum Gasteiger partial charge on any atom is -0.481 e. The van der Waals surface area contributed by atoms with Crippen molar-refractivity contribution in [2.75, 3.05) is 0 Å². The van der Waals surface area contributed by atoms with Crippen molar-refractivity contribution < 1.29 is 28.2 Å². The predicted molar refractivity (Wildman–Crippen MR) is 65.2 cm³/mol. The van der Waals surface area contributed by atoms with Crippen molar-refractivity contribution in [3.8, 4) is 0 Å². The predicted octanol–water partition coefficient (Wildman–Crippen LogP) is 0.201. The van der Waals surface area contributed by atoms with Crippen LogP contribution in [0, 0.1) is 6.92 Å². The highest BCUT2D eigenvalue weighted by Gasteiger charge is 2.28. The molecule has 19 heavy (non-hydrogen) atoms. The Kier molecular flexibility index (Phi) is 4.62. The Morgan fingerprint density at radius 3 is 2.32 bits per heavy atom. The highest BCUT2D eigenvalue weighted by Crippen LogP contribution is 2.14. The van der Waals surface area contributed by atoms with Crippen LogP contribution >= 0.6 is 0 Å². The average Bonchev–Trinajstić information content (AvgIpc) is 2.27. The number of nitrogens with one attached hydrogen (secondary N) is 1. The van der Waals surface area contributed by atoms with Gasteiger partial charge in [0.1, 0.15) is 6.04 Å². The summed E-state index contributed by atoms with van der Waals surface area (Å²) in [6.45, 7) is 1.56. The summed E-state index contributed by atoms with van der Waals surface area (Å²) in [5.74, 6) is -2.94. The van der Waals surface area contributed by atoms with E-state index in [9.17, 15) is 18.0 Å². The monoisotopic (exact) mass is 287 g/mol. The number of hydrogen-bond donors (Lipinski definition) is 3. The zero-order valence-electron chi connectivity index (χ0n) is 10.0. The molecule has 0 saturated carbocycles. The lowest BCUT2D eigenvalue weighted by atomic mass is 10.2. The SMILES string of the molecule is Cc1ccccc1S(=O)(=O)NC(CC(=O)O)C(=O)O. The molecule has 1 atom stereocenters. The summed E-state index contributed by atoms with van der Waals surface area (Å²) < 4.78 is 25.8. The molecule has 0 radical (unpaired) electrons. The summed E-state index contributed by atoms with van der Waals surface area (Å²) in [6, 6.07) is 4.30. The molecule has 0 aliphatic rings. The van der Waals surface area contributed by atoms with Gasteiger partial charge in [0.25, 0.3) is 0 Å². The fraction of sp³-hybridized carbons (Fsp3) is 0.273. The quantitative estimate of drug-likeness (QED) is 0.687. The zero-order chi connectivity index (χ0) is 14.6. The summed E-state index contributed by atoms with van der Waals surface area (Å²) in [7, 11) is -4.07. The lowest BCUT2D eigenvalue weighted by Gasteiger charge is -2.14. The Labute approximate surface area is 109 Å². The number of rotatable bonds is 6. The first kappa shape index (κ1) is 15.1. The van der Waals surface area contributed by atoms with Gasteiger partial charge < -0.3 is 10.2 Å². The molecule has 104 valence electrons. The Bertz CT molecular complexity index is 595. The van der Waals surface area contributed by atoms with E-state index in [1.807, 2.05) is 4.72 Å². The summed E-state index contributed by atoms with van der Waals surface area (Å²) in [5, 5.41) is 17.4. The smallest absolute Gasteiger partial charge is 0.322 e. The van der Waals surface area contributed by atoms with E-state index in [2.05, 4.69) is 0 Å². The third-order valence-electron chi connectivity index (χ3n) is 2.36. The summed E-state index contributed by atoms with van der Waals surface area (Å²) in [6.07, 6.45) is -0.833. The van der Waals surface area contributed by atoms with Crippen molar-refractivity contribution in [1.29, 1.82) is 0 Å². The first-order valence-corrected chi connectivity index (χ1v) is 6.75. The molecule has 0 aliphatic heterocycles. The van der Waals surface area contributed by atoms with Gasteiger partial charge in [-0.15, -0.1) is 0 Å². The fourth-order valence-corrected chi connectivity index (χ4v) is 2.90. The molecular formula is C11H13NO6S. The number of benzene rings is 1. The fourth-order valence-electron chi connectivity index (χ4n) is 1.46. The lowest BCUT2D eigenvalue weighted by molar-refractivity contribution is -0.145. The molecule has 8 heteroatoms. The number of aryl methyl sites for hydroxylation is 1. The standard InChI is InChI=1S/C11H13NO6S/c1-7-4-2-3-5-9(7)19(17,18)12-8(11(15)16)6-10(13)14/h2-5,8,12H,6H2,1H3,(H,13,14)(H,15,16). The number of carboxylic acid groups (broad SMARTS) is 2. The maximum absolute atomic E-state index is 12.0. The molecule has 0 heterocycles. The van der Waals surface area contributed by atoms with Crippen molar-refractivity contribution in [2.24, 2.45) is 0 Å². The molecule has 0 spiro atoms. The maximum Gasteiger partial charge on any atom is 0.322 e. The van der Waals surface area contributed by atoms with E-state index >= 15 is 0 Å². The van der Waals surface area contributed by atoms with Crippen LogP contribution in [-0.4, -0.2) is 36.6 Å². The van der Waals surface area contributed by atoms with Crippen molar-refractivity contribution in [2.45, 2.75) is 24.3 Å². The van der Waals surface area contributed by atoms with E-state index in [1.165, 1.54) is 12.1 Å². The molecule has 1 unspecified atom stereocenters. The van der Waals surface area contributed by atoms with E-state index in [0.29, 0.717) is 5.56 Å². The molecule has 0 aliphatic carbocycles. The molecule has 1 aromatic rings. The molecule has 0 amide bonds. The van der Waals surface area contributed by atoms with Gasteiger partial charge in [-0.05, 0) is 18.6 Å². The summed E-state index contributed by atoms with van der Waals surface area (Å²) in [5.41, 5.74) is 0.439. The molecule has 0 aromatic heterocycles. The lowest BCUT2D eigenvalue weighted by Crippen LogP contribution is -2.42. The van der Waals surface area contributed by atoms with Crippen molar-refractivity contribution >= 4 is 22.0 Å². The van der Waals surface area contributed by atoms with Crippen LogP contribution < -0.4 is 4.72 Å². The molecule has 1 aromatic carbocycles. The van der Waals surface area contributed by atoms with Crippen LogP contribution in [0.3, 0.4) is 0 Å². The first-order valence-electron chi connectivity index (χ1n) is 5.26. The highest BCUT2D eigenvalue weighted by molar-refractivity contribution is 7.89. The van der Waals surface area contributed by atoms with E-state index in [1.54, 1.807) is 19.1 Å². The van der Waals surface area contributed by atoms with Crippen LogP contribution in [-0.2, 0) is 19.6 Å². The third-order valence-corrected chi connectivity index (χ3v) is 3.99. The van der Waals surface area contributed by atoms with Crippen LogP contribution in [0.1, 0.15) is 12.0 Å². The number of carbonyl (C=O) groups is 2. The van der Waals surface area contributed by atoms with Crippen LogP contribution in [0.2, 0.25) is 0 Å². The second kappa shape index (κ2) is 5.81. The normalized spacial score (nSPS) is 12.9. The summed E-state index contributed by atoms with van der Waals surface area (Å²) in [4.78, 5) is 21.3. The Morgan fingerprint density at radius 1 is 1.26 bits per heavy atom. The molecule has 3 N–H and O–H groups in total. The van der Waals surface area contributed by atoms with Gasteiger partial charge in [-0.2, -0.15) is 4.72 Å². The van der Waals surface area contributed by atoms with Crippen LogP contribution in [0.5, 0.6) is 0 Å². The van der Waals surface area contributed by atoms with Crippen LogP contribution in [0.15, 0.2) is 29.2 Å². The topological polar surface area (TPSA) is 121 Å². The van der Waals surface area contributed by atoms with Gasteiger partial charge >= 0.3 is 11.9 Å². The Balaban J connectivity index is 3.04. The minimum atomic E-state index is -4.07. The van der Waals surface area contributed by atoms with Crippen molar-refractivity contribution in [3.63, 3.8) is 0 Å². The average molecular weight is 287 g/mol. The minimum absolute atomic E-state index is 0.0772. The van der Waals surface area contributed by atoms with Crippen LogP contribution in [0.25, 0.3) is 0 Å². The molecule has 0 fully saturated rings. The van der Waals surface area contributed by atoms with Gasteiger partial charge in [-0.1, -0.05) is 18.2 Å². The number of aliphatic carboxylic acids is 2. The van der Waals surface area contributed by atoms with E-state index in [0.717, 1.165) is 0 Å². The van der Waals surface area contributed by atoms with Gasteiger partial charge in [0, 0.05) is 0 Å². The van der Waals surface area contributed by atoms with Gasteiger partial charge in [0.2, 0.25) is 10.0 Å². The Morgan fingerprint density at radius 2 is 1.84 bits per heavy atom. The van der Waals surface area contributed by atoms with Crippen LogP contribution in [0.4, 0.5) is 0 Å². The zero-order valence-corrected chi connectivity index (χ0v) is 10.8. The Hall–Kier alpha value is -1.93.